The molecule has 1 unspecified atom stereocenters. The van der Waals surface area contributed by atoms with Crippen molar-refractivity contribution in [2.45, 2.75) is 26.2 Å². The zero-order chi connectivity index (χ0) is 14.5. The summed E-state index contributed by atoms with van der Waals surface area (Å²) in [5.41, 5.74) is 2.78. The van der Waals surface area contributed by atoms with Crippen LogP contribution in [0.5, 0.6) is 0 Å². The average Bonchev–Trinajstić information content (AvgIpc) is 2.43. The standard InChI is InChI=1S/C15H20N2O3/c1-10(8-14(18)19)9-17-15(20)12-4-2-6-13-11(12)5-3-7-16-13/h2,4,6,10,16H,3,5,7-9H2,1H3,(H,17,20)(H,18,19). The molecule has 1 aromatic rings. The summed E-state index contributed by atoms with van der Waals surface area (Å²) >= 11 is 0. The van der Waals surface area contributed by atoms with E-state index in [9.17, 15) is 9.59 Å². The van der Waals surface area contributed by atoms with E-state index in [4.69, 9.17) is 5.11 Å². The highest BCUT2D eigenvalue weighted by molar-refractivity contribution is 5.97. The Labute approximate surface area is 118 Å². The van der Waals surface area contributed by atoms with Crippen LogP contribution in [0.25, 0.3) is 0 Å². The van der Waals surface area contributed by atoms with Crippen molar-refractivity contribution in [1.82, 2.24) is 5.32 Å². The Morgan fingerprint density at radius 1 is 1.45 bits per heavy atom. The average molecular weight is 276 g/mol. The van der Waals surface area contributed by atoms with Crippen molar-refractivity contribution >= 4 is 17.6 Å². The molecule has 5 heteroatoms. The van der Waals surface area contributed by atoms with Gasteiger partial charge in [0.25, 0.3) is 5.91 Å². The number of nitrogens with one attached hydrogen (secondary N) is 2. The quantitative estimate of drug-likeness (QED) is 0.767. The lowest BCUT2D eigenvalue weighted by molar-refractivity contribution is -0.137. The third-order valence-corrected chi connectivity index (χ3v) is 3.47. The number of amides is 1. The summed E-state index contributed by atoms with van der Waals surface area (Å²) in [4.78, 5) is 22.8. The highest BCUT2D eigenvalue weighted by Gasteiger charge is 2.17. The first-order valence-corrected chi connectivity index (χ1v) is 6.93. The van der Waals surface area contributed by atoms with Gasteiger partial charge in [-0.3, -0.25) is 9.59 Å². The van der Waals surface area contributed by atoms with Crippen LogP contribution in [-0.2, 0) is 11.2 Å². The number of hydrogen-bond acceptors (Lipinski definition) is 3. The van der Waals surface area contributed by atoms with Gasteiger partial charge in [-0.25, -0.2) is 0 Å². The summed E-state index contributed by atoms with van der Waals surface area (Å²) in [6, 6.07) is 5.67. The van der Waals surface area contributed by atoms with Crippen molar-refractivity contribution in [3.05, 3.63) is 29.3 Å². The van der Waals surface area contributed by atoms with E-state index in [2.05, 4.69) is 10.6 Å². The SMILES string of the molecule is CC(CNC(=O)c1cccc2c1CCCN2)CC(=O)O. The molecule has 108 valence electrons. The molecule has 1 amide bonds. The van der Waals surface area contributed by atoms with Gasteiger partial charge in [-0.2, -0.15) is 0 Å². The molecule has 5 nitrogen and oxygen atoms in total. The van der Waals surface area contributed by atoms with Gasteiger partial charge in [0.1, 0.15) is 0 Å². The summed E-state index contributed by atoms with van der Waals surface area (Å²) in [5.74, 6) is -1.04. The molecule has 1 aliphatic rings. The number of anilines is 1. The fraction of sp³-hybridized carbons (Fsp3) is 0.467. The lowest BCUT2D eigenvalue weighted by Crippen LogP contribution is -2.30. The zero-order valence-corrected chi connectivity index (χ0v) is 11.6. The molecule has 3 N–H and O–H groups in total. The highest BCUT2D eigenvalue weighted by Crippen LogP contribution is 2.25. The molecule has 0 aliphatic carbocycles. The smallest absolute Gasteiger partial charge is 0.303 e. The van der Waals surface area contributed by atoms with E-state index in [0.717, 1.165) is 30.6 Å². The fourth-order valence-electron chi connectivity index (χ4n) is 2.46. The van der Waals surface area contributed by atoms with Crippen molar-refractivity contribution in [3.63, 3.8) is 0 Å². The minimum absolute atomic E-state index is 0.0642. The minimum atomic E-state index is -0.840. The minimum Gasteiger partial charge on any atom is -0.481 e. The second-order valence-electron chi connectivity index (χ2n) is 5.28. The van der Waals surface area contributed by atoms with Crippen LogP contribution in [0.2, 0.25) is 0 Å². The van der Waals surface area contributed by atoms with E-state index < -0.39 is 5.97 Å². The van der Waals surface area contributed by atoms with Crippen LogP contribution in [0.3, 0.4) is 0 Å². The number of hydrogen-bond donors (Lipinski definition) is 3. The maximum atomic E-state index is 12.2. The number of carboxylic acids is 1. The molecule has 1 aliphatic heterocycles. The van der Waals surface area contributed by atoms with Crippen LogP contribution in [0.1, 0.15) is 35.7 Å². The molecule has 0 saturated carbocycles. The number of aliphatic carboxylic acids is 1. The van der Waals surface area contributed by atoms with Gasteiger partial charge in [0.05, 0.1) is 0 Å². The summed E-state index contributed by atoms with van der Waals surface area (Å²) in [6.45, 7) is 3.13. The van der Waals surface area contributed by atoms with Gasteiger partial charge in [0, 0.05) is 30.8 Å². The zero-order valence-electron chi connectivity index (χ0n) is 11.6. The predicted octanol–water partition coefficient (Wildman–Crippen LogP) is 1.89. The van der Waals surface area contributed by atoms with Crippen LogP contribution in [0.15, 0.2) is 18.2 Å². The Balaban J connectivity index is 2.01. The van der Waals surface area contributed by atoms with E-state index in [1.165, 1.54) is 0 Å². The van der Waals surface area contributed by atoms with Crippen LogP contribution in [-0.4, -0.2) is 30.1 Å². The molecule has 0 radical (unpaired) electrons. The third kappa shape index (κ3) is 3.50. The Morgan fingerprint density at radius 2 is 2.25 bits per heavy atom. The Kier molecular flexibility index (Phi) is 4.61. The molecule has 0 spiro atoms. The Hall–Kier alpha value is -2.04. The van der Waals surface area contributed by atoms with Gasteiger partial charge in [-0.1, -0.05) is 13.0 Å². The lowest BCUT2D eigenvalue weighted by atomic mass is 9.97. The first-order chi connectivity index (χ1) is 9.58. The van der Waals surface area contributed by atoms with Gasteiger partial charge in [0.2, 0.25) is 0 Å². The van der Waals surface area contributed by atoms with Crippen LogP contribution in [0.4, 0.5) is 5.69 Å². The lowest BCUT2D eigenvalue weighted by Gasteiger charge is -2.21. The molecular formula is C15H20N2O3. The van der Waals surface area contributed by atoms with Gasteiger partial charge >= 0.3 is 5.97 Å². The Bertz CT molecular complexity index is 514. The maximum Gasteiger partial charge on any atom is 0.303 e. The van der Waals surface area contributed by atoms with E-state index in [1.54, 1.807) is 0 Å². The molecule has 0 aromatic heterocycles. The van der Waals surface area contributed by atoms with E-state index in [0.29, 0.717) is 12.1 Å². The Morgan fingerprint density at radius 3 is 3.00 bits per heavy atom. The van der Waals surface area contributed by atoms with Crippen molar-refractivity contribution in [3.8, 4) is 0 Å². The molecule has 20 heavy (non-hydrogen) atoms. The molecule has 0 fully saturated rings. The van der Waals surface area contributed by atoms with E-state index >= 15 is 0 Å². The number of benzene rings is 1. The topological polar surface area (TPSA) is 78.4 Å². The van der Waals surface area contributed by atoms with Crippen molar-refractivity contribution in [1.29, 1.82) is 0 Å². The second-order valence-corrected chi connectivity index (χ2v) is 5.28. The first kappa shape index (κ1) is 14.4. The molecule has 1 heterocycles. The molecule has 2 rings (SSSR count). The molecule has 1 aromatic carbocycles. The number of fused-ring (bicyclic) bond motifs is 1. The number of carbonyl (C=O) groups excluding carboxylic acids is 1. The molecular weight excluding hydrogens is 256 g/mol. The second kappa shape index (κ2) is 6.41. The number of rotatable bonds is 5. The third-order valence-electron chi connectivity index (χ3n) is 3.47. The van der Waals surface area contributed by atoms with Crippen LogP contribution in [0, 0.1) is 5.92 Å². The number of carboxylic acid groups (broad SMARTS) is 1. The van der Waals surface area contributed by atoms with E-state index in [1.807, 2.05) is 25.1 Å². The maximum absolute atomic E-state index is 12.2. The van der Waals surface area contributed by atoms with Crippen molar-refractivity contribution < 1.29 is 14.7 Å². The summed E-state index contributed by atoms with van der Waals surface area (Å²) in [5, 5.41) is 14.8. The molecule has 0 bridgehead atoms. The largest absolute Gasteiger partial charge is 0.481 e. The predicted molar refractivity (Wildman–Crippen MR) is 77.0 cm³/mol. The molecule has 1 atom stereocenters. The van der Waals surface area contributed by atoms with Crippen LogP contribution < -0.4 is 10.6 Å². The van der Waals surface area contributed by atoms with Crippen molar-refractivity contribution in [2.24, 2.45) is 5.92 Å². The van der Waals surface area contributed by atoms with E-state index in [-0.39, 0.29) is 18.2 Å². The van der Waals surface area contributed by atoms with Gasteiger partial charge in [-0.15, -0.1) is 0 Å². The number of carbonyl (C=O) groups is 2. The summed E-state index contributed by atoms with van der Waals surface area (Å²) in [6.07, 6.45) is 1.98. The summed E-state index contributed by atoms with van der Waals surface area (Å²) in [7, 11) is 0. The van der Waals surface area contributed by atoms with Gasteiger partial charge < -0.3 is 15.7 Å². The molecule has 0 saturated heterocycles. The fourth-order valence-corrected chi connectivity index (χ4v) is 2.46. The van der Waals surface area contributed by atoms with Crippen LogP contribution >= 0.6 is 0 Å². The van der Waals surface area contributed by atoms with Gasteiger partial charge in [0.15, 0.2) is 0 Å². The monoisotopic (exact) mass is 276 g/mol. The summed E-state index contributed by atoms with van der Waals surface area (Å²) < 4.78 is 0. The van der Waals surface area contributed by atoms with Gasteiger partial charge in [-0.05, 0) is 36.5 Å². The highest BCUT2D eigenvalue weighted by atomic mass is 16.4. The van der Waals surface area contributed by atoms with Crippen molar-refractivity contribution in [2.75, 3.05) is 18.4 Å². The first-order valence-electron chi connectivity index (χ1n) is 6.93. The normalized spacial score (nSPS) is 14.8.